The highest BCUT2D eigenvalue weighted by Gasteiger charge is 2.31. The van der Waals surface area contributed by atoms with Gasteiger partial charge in [0.2, 0.25) is 11.8 Å². The van der Waals surface area contributed by atoms with Crippen LogP contribution < -0.4 is 10.6 Å². The van der Waals surface area contributed by atoms with Crippen LogP contribution in [0.15, 0.2) is 42.5 Å². The zero-order valence-electron chi connectivity index (χ0n) is 14.2. The van der Waals surface area contributed by atoms with Crippen LogP contribution in [-0.4, -0.2) is 28.1 Å². The lowest BCUT2D eigenvalue weighted by atomic mass is 9.97. The van der Waals surface area contributed by atoms with Crippen LogP contribution in [0.1, 0.15) is 32.6 Å². The van der Waals surface area contributed by atoms with Crippen molar-refractivity contribution in [2.45, 2.75) is 38.6 Å². The number of nitrogens with one attached hydrogen (secondary N) is 2. The van der Waals surface area contributed by atoms with E-state index in [1.165, 1.54) is 6.92 Å². The van der Waals surface area contributed by atoms with Gasteiger partial charge < -0.3 is 10.6 Å². The molecule has 130 valence electrons. The Bertz CT molecular complexity index is 725. The number of hydrogen-bond acceptors (Lipinski definition) is 4. The van der Waals surface area contributed by atoms with Crippen LogP contribution >= 0.6 is 0 Å². The van der Waals surface area contributed by atoms with E-state index in [1.54, 1.807) is 6.07 Å². The lowest BCUT2D eigenvalue weighted by Gasteiger charge is -2.22. The van der Waals surface area contributed by atoms with Crippen LogP contribution in [-0.2, 0) is 9.59 Å². The summed E-state index contributed by atoms with van der Waals surface area (Å²) in [5, 5.41) is 13.8. The van der Waals surface area contributed by atoms with Crippen molar-refractivity contribution in [3.8, 4) is 11.3 Å². The van der Waals surface area contributed by atoms with E-state index in [4.69, 9.17) is 0 Å². The van der Waals surface area contributed by atoms with Crippen LogP contribution in [0.5, 0.6) is 0 Å². The minimum atomic E-state index is -0.518. The van der Waals surface area contributed by atoms with Gasteiger partial charge >= 0.3 is 0 Å². The van der Waals surface area contributed by atoms with Gasteiger partial charge in [0.05, 0.1) is 5.69 Å². The molecule has 3 rings (SSSR count). The minimum Gasteiger partial charge on any atom is -0.344 e. The highest BCUT2D eigenvalue weighted by atomic mass is 16.2. The maximum atomic E-state index is 12.6. The van der Waals surface area contributed by atoms with Gasteiger partial charge in [0, 0.05) is 12.5 Å². The first-order chi connectivity index (χ1) is 12.1. The quantitative estimate of drug-likeness (QED) is 0.878. The Morgan fingerprint density at radius 2 is 1.76 bits per heavy atom. The molecule has 25 heavy (non-hydrogen) atoms. The van der Waals surface area contributed by atoms with Gasteiger partial charge in [0.25, 0.3) is 0 Å². The predicted octanol–water partition coefficient (Wildman–Crippen LogP) is 2.78. The van der Waals surface area contributed by atoms with Crippen molar-refractivity contribution in [2.24, 2.45) is 5.92 Å². The smallest absolute Gasteiger partial charge is 0.248 e. The zero-order chi connectivity index (χ0) is 17.6. The summed E-state index contributed by atoms with van der Waals surface area (Å²) in [6.45, 7) is 1.43. The molecule has 0 bridgehead atoms. The molecular weight excluding hydrogens is 316 g/mol. The lowest BCUT2D eigenvalue weighted by Crippen LogP contribution is -2.47. The standard InChI is InChI=1S/C19H22N4O2/c1-13(24)20-18(15-9-5-6-10-15)19(25)21-17-12-11-16(22-23-17)14-7-3-2-4-8-14/h2-4,7-8,11-12,15,18H,5-6,9-10H2,1H3,(H,20,24)(H,21,23,25)/t18-/m0/s1. The van der Waals surface area contributed by atoms with Crippen molar-refractivity contribution in [1.82, 2.24) is 15.5 Å². The molecule has 6 nitrogen and oxygen atoms in total. The third-order valence-corrected chi connectivity index (χ3v) is 4.50. The van der Waals surface area contributed by atoms with E-state index < -0.39 is 6.04 Å². The molecule has 6 heteroatoms. The molecule has 1 atom stereocenters. The highest BCUT2D eigenvalue weighted by Crippen LogP contribution is 2.28. The Kier molecular flexibility index (Phi) is 5.38. The number of amides is 2. The Labute approximate surface area is 147 Å². The molecule has 1 aromatic carbocycles. The number of carbonyl (C=O) groups is 2. The summed E-state index contributed by atoms with van der Waals surface area (Å²) >= 11 is 0. The zero-order valence-corrected chi connectivity index (χ0v) is 14.2. The first kappa shape index (κ1) is 17.1. The van der Waals surface area contributed by atoms with E-state index in [2.05, 4.69) is 20.8 Å². The molecule has 1 aliphatic carbocycles. The molecule has 0 radical (unpaired) electrons. The van der Waals surface area contributed by atoms with E-state index in [1.807, 2.05) is 36.4 Å². The van der Waals surface area contributed by atoms with Gasteiger partial charge in [-0.15, -0.1) is 10.2 Å². The fraction of sp³-hybridized carbons (Fsp3) is 0.368. The molecule has 2 N–H and O–H groups in total. The molecule has 1 saturated carbocycles. The monoisotopic (exact) mass is 338 g/mol. The second-order valence-electron chi connectivity index (χ2n) is 6.38. The Hall–Kier alpha value is -2.76. The van der Waals surface area contributed by atoms with Gasteiger partial charge in [0.15, 0.2) is 5.82 Å². The predicted molar refractivity (Wildman–Crippen MR) is 95.7 cm³/mol. The number of rotatable bonds is 5. The summed E-state index contributed by atoms with van der Waals surface area (Å²) in [7, 11) is 0. The largest absolute Gasteiger partial charge is 0.344 e. The number of anilines is 1. The van der Waals surface area contributed by atoms with E-state index >= 15 is 0 Å². The van der Waals surface area contributed by atoms with Crippen molar-refractivity contribution in [1.29, 1.82) is 0 Å². The van der Waals surface area contributed by atoms with E-state index in [-0.39, 0.29) is 17.7 Å². The fourth-order valence-electron chi connectivity index (χ4n) is 3.27. The summed E-state index contributed by atoms with van der Waals surface area (Å²) < 4.78 is 0. The maximum absolute atomic E-state index is 12.6. The molecule has 1 aliphatic rings. The molecule has 2 amide bonds. The van der Waals surface area contributed by atoms with Gasteiger partial charge in [-0.2, -0.15) is 0 Å². The van der Waals surface area contributed by atoms with Crippen molar-refractivity contribution in [2.75, 3.05) is 5.32 Å². The van der Waals surface area contributed by atoms with Crippen LogP contribution in [0, 0.1) is 5.92 Å². The molecular formula is C19H22N4O2. The molecule has 1 heterocycles. The summed E-state index contributed by atoms with van der Waals surface area (Å²) in [6.07, 6.45) is 4.10. The first-order valence-corrected chi connectivity index (χ1v) is 8.60. The Balaban J connectivity index is 1.69. The second-order valence-corrected chi connectivity index (χ2v) is 6.38. The normalized spacial score (nSPS) is 15.6. The maximum Gasteiger partial charge on any atom is 0.248 e. The van der Waals surface area contributed by atoms with Crippen LogP contribution in [0.4, 0.5) is 5.82 Å². The molecule has 0 saturated heterocycles. The third-order valence-electron chi connectivity index (χ3n) is 4.50. The van der Waals surface area contributed by atoms with Gasteiger partial charge in [-0.25, -0.2) is 0 Å². The third kappa shape index (κ3) is 4.41. The van der Waals surface area contributed by atoms with Crippen LogP contribution in [0.2, 0.25) is 0 Å². The van der Waals surface area contributed by atoms with Gasteiger partial charge in [-0.05, 0) is 30.9 Å². The number of carbonyl (C=O) groups excluding carboxylic acids is 2. The van der Waals surface area contributed by atoms with E-state index in [0.29, 0.717) is 5.82 Å². The van der Waals surface area contributed by atoms with Crippen LogP contribution in [0.25, 0.3) is 11.3 Å². The Morgan fingerprint density at radius 3 is 2.36 bits per heavy atom. The minimum absolute atomic E-state index is 0.181. The Morgan fingerprint density at radius 1 is 1.04 bits per heavy atom. The van der Waals surface area contributed by atoms with E-state index in [9.17, 15) is 9.59 Å². The summed E-state index contributed by atoms with van der Waals surface area (Å²) in [4.78, 5) is 24.0. The SMILES string of the molecule is CC(=O)N[C@H](C(=O)Nc1ccc(-c2ccccc2)nn1)C1CCCC1. The van der Waals surface area contributed by atoms with Crippen molar-refractivity contribution >= 4 is 17.6 Å². The summed E-state index contributed by atoms with van der Waals surface area (Å²) in [6, 6.07) is 12.8. The van der Waals surface area contributed by atoms with Gasteiger partial charge in [0.1, 0.15) is 6.04 Å². The molecule has 0 unspecified atom stereocenters. The number of aromatic nitrogens is 2. The highest BCUT2D eigenvalue weighted by molar-refractivity contribution is 5.96. The van der Waals surface area contributed by atoms with Crippen molar-refractivity contribution in [3.63, 3.8) is 0 Å². The fourth-order valence-corrected chi connectivity index (χ4v) is 3.27. The van der Waals surface area contributed by atoms with Crippen molar-refractivity contribution in [3.05, 3.63) is 42.5 Å². The average Bonchev–Trinajstić information content (AvgIpc) is 3.15. The average molecular weight is 338 g/mol. The topological polar surface area (TPSA) is 84.0 Å². The summed E-state index contributed by atoms with van der Waals surface area (Å²) in [5.74, 6) is 0.139. The second kappa shape index (κ2) is 7.88. The van der Waals surface area contributed by atoms with Crippen LogP contribution in [0.3, 0.4) is 0 Å². The molecule has 1 fully saturated rings. The van der Waals surface area contributed by atoms with Gasteiger partial charge in [-0.3, -0.25) is 9.59 Å². The number of hydrogen-bond donors (Lipinski definition) is 2. The number of nitrogens with zero attached hydrogens (tertiary/aromatic N) is 2. The first-order valence-electron chi connectivity index (χ1n) is 8.60. The summed E-state index contributed by atoms with van der Waals surface area (Å²) in [5.41, 5.74) is 1.71. The van der Waals surface area contributed by atoms with Gasteiger partial charge in [-0.1, -0.05) is 43.2 Å². The lowest BCUT2D eigenvalue weighted by molar-refractivity contribution is -0.126. The van der Waals surface area contributed by atoms with E-state index in [0.717, 1.165) is 36.9 Å². The van der Waals surface area contributed by atoms with Crippen molar-refractivity contribution < 1.29 is 9.59 Å². The molecule has 0 spiro atoms. The number of benzene rings is 1. The molecule has 2 aromatic rings. The molecule has 1 aromatic heterocycles. The molecule has 0 aliphatic heterocycles.